The summed E-state index contributed by atoms with van der Waals surface area (Å²) in [6.45, 7) is 0. The van der Waals surface area contributed by atoms with Gasteiger partial charge in [0, 0.05) is 17.7 Å². The van der Waals surface area contributed by atoms with Gasteiger partial charge in [0.05, 0.1) is 12.8 Å². The number of aromatic nitrogens is 1. The molecule has 0 unspecified atom stereocenters. The largest absolute Gasteiger partial charge is 0.466 e. The van der Waals surface area contributed by atoms with Crippen molar-refractivity contribution in [3.63, 3.8) is 0 Å². The second-order valence-electron chi connectivity index (χ2n) is 3.31. The van der Waals surface area contributed by atoms with E-state index in [9.17, 15) is 4.79 Å². The molecule has 0 amide bonds. The number of carbonyl (C=O) groups excluding carboxylic acids is 1. The number of pyridine rings is 1. The molecule has 0 aliphatic rings. The fraction of sp³-hybridized carbons (Fsp3) is 0.0769. The fourth-order valence-corrected chi connectivity index (χ4v) is 1.41. The summed E-state index contributed by atoms with van der Waals surface area (Å²) in [6, 6.07) is 9.86. The maximum atomic E-state index is 10.9. The Bertz CT molecular complexity index is 546. The molecule has 1 aromatic heterocycles. The molecule has 0 aliphatic heterocycles. The quantitative estimate of drug-likeness (QED) is 0.568. The maximum absolute atomic E-state index is 10.9. The number of nitrogens with zero attached hydrogens (tertiary/aromatic N) is 1. The molecule has 0 aliphatic carbocycles. The van der Waals surface area contributed by atoms with E-state index in [-0.39, 0.29) is 5.97 Å². The van der Waals surface area contributed by atoms with Crippen molar-refractivity contribution in [2.24, 2.45) is 0 Å². The van der Waals surface area contributed by atoms with Crippen LogP contribution in [-0.4, -0.2) is 18.1 Å². The zero-order valence-corrected chi connectivity index (χ0v) is 8.88. The zero-order chi connectivity index (χ0) is 11.4. The Morgan fingerprint density at radius 2 is 2.06 bits per heavy atom. The molecule has 3 nitrogen and oxygen atoms in total. The second-order valence-corrected chi connectivity index (χ2v) is 3.31. The molecule has 0 radical (unpaired) electrons. The van der Waals surface area contributed by atoms with Gasteiger partial charge < -0.3 is 4.74 Å². The van der Waals surface area contributed by atoms with Crippen LogP contribution >= 0.6 is 0 Å². The first-order chi connectivity index (χ1) is 7.79. The van der Waals surface area contributed by atoms with Gasteiger partial charge in [-0.1, -0.05) is 24.3 Å². The van der Waals surface area contributed by atoms with Crippen LogP contribution in [0.2, 0.25) is 0 Å². The molecule has 80 valence electrons. The Labute approximate surface area is 93.4 Å². The van der Waals surface area contributed by atoms with Gasteiger partial charge in [-0.15, -0.1) is 0 Å². The van der Waals surface area contributed by atoms with Crippen LogP contribution in [0.1, 0.15) is 5.69 Å². The molecule has 1 heterocycles. The number of ether oxygens (including phenoxy) is 1. The summed E-state index contributed by atoms with van der Waals surface area (Å²) in [5.41, 5.74) is 0.740. The molecule has 0 saturated heterocycles. The number of carbonyl (C=O) groups is 1. The first kappa shape index (κ1) is 10.4. The van der Waals surface area contributed by atoms with Crippen molar-refractivity contribution in [3.8, 4) is 0 Å². The van der Waals surface area contributed by atoms with E-state index in [1.807, 2.05) is 30.3 Å². The highest BCUT2D eigenvalue weighted by Gasteiger charge is 1.95. The molecule has 2 rings (SSSR count). The van der Waals surface area contributed by atoms with Crippen molar-refractivity contribution in [1.82, 2.24) is 4.98 Å². The van der Waals surface area contributed by atoms with E-state index in [1.165, 1.54) is 13.2 Å². The molecule has 0 spiro atoms. The maximum Gasteiger partial charge on any atom is 0.330 e. The average Bonchev–Trinajstić information content (AvgIpc) is 2.35. The van der Waals surface area contributed by atoms with Crippen LogP contribution in [0.3, 0.4) is 0 Å². The topological polar surface area (TPSA) is 39.2 Å². The molecular formula is C13H11NO2. The third-order valence-electron chi connectivity index (χ3n) is 2.24. The standard InChI is InChI=1S/C13H11NO2/c1-16-13(15)7-6-12-8-10-4-2-3-5-11(10)9-14-12/h2-9H,1H3/b7-6+. The summed E-state index contributed by atoms with van der Waals surface area (Å²) < 4.78 is 4.51. The van der Waals surface area contributed by atoms with Crippen LogP contribution in [0, 0.1) is 0 Å². The minimum Gasteiger partial charge on any atom is -0.466 e. The Morgan fingerprint density at radius 3 is 2.81 bits per heavy atom. The third kappa shape index (κ3) is 2.25. The Hall–Kier alpha value is -2.16. The number of esters is 1. The van der Waals surface area contributed by atoms with Crippen molar-refractivity contribution >= 4 is 22.8 Å². The van der Waals surface area contributed by atoms with Crippen molar-refractivity contribution < 1.29 is 9.53 Å². The van der Waals surface area contributed by atoms with Crippen molar-refractivity contribution in [1.29, 1.82) is 0 Å². The van der Waals surface area contributed by atoms with Crippen LogP contribution in [0.25, 0.3) is 16.8 Å². The summed E-state index contributed by atoms with van der Waals surface area (Å²) in [5.74, 6) is -0.380. The van der Waals surface area contributed by atoms with E-state index in [0.29, 0.717) is 0 Å². The first-order valence-electron chi connectivity index (χ1n) is 4.90. The lowest BCUT2D eigenvalue weighted by Gasteiger charge is -1.98. The predicted molar refractivity (Wildman–Crippen MR) is 62.8 cm³/mol. The fourth-order valence-electron chi connectivity index (χ4n) is 1.41. The van der Waals surface area contributed by atoms with Gasteiger partial charge in [-0.2, -0.15) is 0 Å². The van der Waals surface area contributed by atoms with E-state index in [4.69, 9.17) is 0 Å². The van der Waals surface area contributed by atoms with E-state index >= 15 is 0 Å². The van der Waals surface area contributed by atoms with Crippen LogP contribution in [0.5, 0.6) is 0 Å². The monoisotopic (exact) mass is 213 g/mol. The summed E-state index contributed by atoms with van der Waals surface area (Å²) in [4.78, 5) is 15.1. The van der Waals surface area contributed by atoms with Crippen LogP contribution in [0.4, 0.5) is 0 Å². The van der Waals surface area contributed by atoms with E-state index < -0.39 is 0 Å². The van der Waals surface area contributed by atoms with Crippen molar-refractivity contribution in [2.75, 3.05) is 7.11 Å². The molecule has 2 aromatic rings. The highest BCUT2D eigenvalue weighted by Crippen LogP contribution is 2.13. The summed E-state index contributed by atoms with van der Waals surface area (Å²) >= 11 is 0. The smallest absolute Gasteiger partial charge is 0.330 e. The second kappa shape index (κ2) is 4.57. The third-order valence-corrected chi connectivity index (χ3v) is 2.24. The van der Waals surface area contributed by atoms with Gasteiger partial charge in [-0.25, -0.2) is 4.79 Å². The molecule has 0 N–H and O–H groups in total. The zero-order valence-electron chi connectivity index (χ0n) is 8.88. The SMILES string of the molecule is COC(=O)/C=C/c1cc2ccccc2cn1. The number of fused-ring (bicyclic) bond motifs is 1. The minimum atomic E-state index is -0.380. The molecule has 0 bridgehead atoms. The lowest BCUT2D eigenvalue weighted by atomic mass is 10.1. The molecule has 16 heavy (non-hydrogen) atoms. The number of rotatable bonds is 2. The summed E-state index contributed by atoms with van der Waals surface area (Å²) in [7, 11) is 1.35. The predicted octanol–water partition coefficient (Wildman–Crippen LogP) is 2.42. The Morgan fingerprint density at radius 1 is 1.31 bits per heavy atom. The molecular weight excluding hydrogens is 202 g/mol. The van der Waals surface area contributed by atoms with Gasteiger partial charge in [-0.05, 0) is 17.5 Å². The van der Waals surface area contributed by atoms with Crippen LogP contribution in [0.15, 0.2) is 42.6 Å². The lowest BCUT2D eigenvalue weighted by Crippen LogP contribution is -1.93. The van der Waals surface area contributed by atoms with Crippen molar-refractivity contribution in [2.45, 2.75) is 0 Å². The van der Waals surface area contributed by atoms with Crippen molar-refractivity contribution in [3.05, 3.63) is 48.3 Å². The lowest BCUT2D eigenvalue weighted by molar-refractivity contribution is -0.134. The minimum absolute atomic E-state index is 0.380. The number of methoxy groups -OCH3 is 1. The Kier molecular flexibility index (Phi) is 2.96. The van der Waals surface area contributed by atoms with E-state index in [0.717, 1.165) is 16.5 Å². The molecule has 3 heteroatoms. The molecule has 0 saturated carbocycles. The van der Waals surface area contributed by atoms with Crippen LogP contribution < -0.4 is 0 Å². The Balaban J connectivity index is 2.33. The number of hydrogen-bond acceptors (Lipinski definition) is 3. The van der Waals surface area contributed by atoms with E-state index in [1.54, 1.807) is 12.3 Å². The molecule has 1 aromatic carbocycles. The van der Waals surface area contributed by atoms with Gasteiger partial charge in [0.25, 0.3) is 0 Å². The molecule has 0 fully saturated rings. The first-order valence-corrected chi connectivity index (χ1v) is 4.90. The van der Waals surface area contributed by atoms with Gasteiger partial charge >= 0.3 is 5.97 Å². The number of benzene rings is 1. The highest BCUT2D eigenvalue weighted by molar-refractivity contribution is 5.88. The summed E-state index contributed by atoms with van der Waals surface area (Å²) in [5, 5.41) is 2.18. The normalized spacial score (nSPS) is 10.8. The highest BCUT2D eigenvalue weighted by atomic mass is 16.5. The summed E-state index contributed by atoms with van der Waals surface area (Å²) in [6.07, 6.45) is 4.78. The van der Waals surface area contributed by atoms with E-state index in [2.05, 4.69) is 9.72 Å². The van der Waals surface area contributed by atoms with Gasteiger partial charge in [0.1, 0.15) is 0 Å². The number of hydrogen-bond donors (Lipinski definition) is 0. The van der Waals surface area contributed by atoms with Gasteiger partial charge in [-0.3, -0.25) is 4.98 Å². The van der Waals surface area contributed by atoms with Crippen LogP contribution in [-0.2, 0) is 9.53 Å². The van der Waals surface area contributed by atoms with Gasteiger partial charge in [0.2, 0.25) is 0 Å². The average molecular weight is 213 g/mol. The molecule has 0 atom stereocenters. The van der Waals surface area contributed by atoms with Gasteiger partial charge in [0.15, 0.2) is 0 Å².